The second kappa shape index (κ2) is 6.06. The third-order valence-electron chi connectivity index (χ3n) is 3.40. The molecule has 104 valence electrons. The van der Waals surface area contributed by atoms with Gasteiger partial charge < -0.3 is 15.3 Å². The number of amides is 2. The predicted octanol–water partition coefficient (Wildman–Crippen LogP) is 2.06. The third-order valence-corrected chi connectivity index (χ3v) is 4.43. The molecule has 1 aromatic heterocycles. The number of carboxylic acid groups (broad SMARTS) is 1. The Labute approximate surface area is 116 Å². The number of rotatable bonds is 4. The van der Waals surface area contributed by atoms with Crippen molar-refractivity contribution in [1.82, 2.24) is 10.2 Å². The summed E-state index contributed by atoms with van der Waals surface area (Å²) in [5.74, 6) is -0.701. The highest BCUT2D eigenvalue weighted by Crippen LogP contribution is 2.20. The molecule has 19 heavy (non-hydrogen) atoms. The highest BCUT2D eigenvalue weighted by atomic mass is 32.1. The minimum atomic E-state index is -0.790. The minimum absolute atomic E-state index is 0.0896. The van der Waals surface area contributed by atoms with Crippen molar-refractivity contribution in [1.29, 1.82) is 0 Å². The fourth-order valence-corrected chi connectivity index (χ4v) is 3.13. The Morgan fingerprint density at radius 2 is 2.37 bits per heavy atom. The van der Waals surface area contributed by atoms with Gasteiger partial charge in [-0.25, -0.2) is 4.79 Å². The molecule has 6 heteroatoms. The zero-order valence-corrected chi connectivity index (χ0v) is 11.7. The van der Waals surface area contributed by atoms with Gasteiger partial charge in [0, 0.05) is 24.4 Å². The molecule has 1 atom stereocenters. The quantitative estimate of drug-likeness (QED) is 0.888. The van der Waals surface area contributed by atoms with Crippen molar-refractivity contribution in [2.24, 2.45) is 5.92 Å². The molecule has 0 aromatic carbocycles. The molecule has 1 aliphatic rings. The molecule has 0 spiro atoms. The summed E-state index contributed by atoms with van der Waals surface area (Å²) in [5, 5.41) is 13.6. The normalized spacial score (nSPS) is 18.6. The number of hydrogen-bond donors (Lipinski definition) is 2. The van der Waals surface area contributed by atoms with E-state index in [-0.39, 0.29) is 18.4 Å². The van der Waals surface area contributed by atoms with Crippen LogP contribution in [0.2, 0.25) is 0 Å². The van der Waals surface area contributed by atoms with E-state index >= 15 is 0 Å². The maximum absolute atomic E-state index is 12.0. The lowest BCUT2D eigenvalue weighted by Gasteiger charge is -2.17. The summed E-state index contributed by atoms with van der Waals surface area (Å²) in [5.41, 5.74) is 1.19. The lowest BCUT2D eigenvalue weighted by molar-refractivity contribution is -0.138. The van der Waals surface area contributed by atoms with Gasteiger partial charge in [-0.05, 0) is 36.3 Å². The van der Waals surface area contributed by atoms with Crippen molar-refractivity contribution in [3.63, 3.8) is 0 Å². The van der Waals surface area contributed by atoms with Crippen LogP contribution in [0.1, 0.15) is 23.3 Å². The Morgan fingerprint density at radius 3 is 3.00 bits per heavy atom. The molecule has 0 aliphatic carbocycles. The summed E-state index contributed by atoms with van der Waals surface area (Å²) in [6, 6.07) is 1.94. The van der Waals surface area contributed by atoms with E-state index in [0.29, 0.717) is 19.6 Å². The highest BCUT2D eigenvalue weighted by Gasteiger charge is 2.27. The molecule has 2 rings (SSSR count). The fraction of sp³-hybridized carbons (Fsp3) is 0.538. The molecule has 0 saturated carbocycles. The van der Waals surface area contributed by atoms with E-state index in [1.54, 1.807) is 16.2 Å². The molecular formula is C13H18N2O3S. The first kappa shape index (κ1) is 13.9. The number of carboxylic acids is 1. The van der Waals surface area contributed by atoms with Crippen LogP contribution in [0.5, 0.6) is 0 Å². The van der Waals surface area contributed by atoms with Crippen LogP contribution in [0.4, 0.5) is 4.79 Å². The summed E-state index contributed by atoms with van der Waals surface area (Å²) >= 11 is 1.63. The van der Waals surface area contributed by atoms with Crippen LogP contribution in [-0.2, 0) is 11.3 Å². The van der Waals surface area contributed by atoms with Crippen LogP contribution in [0.3, 0.4) is 0 Å². The summed E-state index contributed by atoms with van der Waals surface area (Å²) < 4.78 is 0. The van der Waals surface area contributed by atoms with Crippen molar-refractivity contribution in [2.45, 2.75) is 26.3 Å². The first-order valence-electron chi connectivity index (χ1n) is 6.34. The van der Waals surface area contributed by atoms with E-state index in [4.69, 9.17) is 5.11 Å². The Kier molecular flexibility index (Phi) is 4.42. The number of nitrogens with zero attached hydrogens (tertiary/aromatic N) is 1. The molecule has 1 fully saturated rings. The van der Waals surface area contributed by atoms with Gasteiger partial charge in [-0.1, -0.05) is 0 Å². The van der Waals surface area contributed by atoms with Gasteiger partial charge in [0.25, 0.3) is 0 Å². The SMILES string of the molecule is Cc1ccsc1CNC(=O)N1CCC(CC(=O)O)C1. The summed E-state index contributed by atoms with van der Waals surface area (Å²) in [7, 11) is 0. The van der Waals surface area contributed by atoms with Crippen LogP contribution in [-0.4, -0.2) is 35.1 Å². The molecule has 1 unspecified atom stereocenters. The smallest absolute Gasteiger partial charge is 0.317 e. The number of likely N-dealkylation sites (tertiary alicyclic amines) is 1. The van der Waals surface area contributed by atoms with Crippen LogP contribution in [0.25, 0.3) is 0 Å². The average Bonchev–Trinajstić information content (AvgIpc) is 2.95. The molecule has 5 nitrogen and oxygen atoms in total. The largest absolute Gasteiger partial charge is 0.481 e. The van der Waals surface area contributed by atoms with E-state index in [1.807, 2.05) is 18.4 Å². The van der Waals surface area contributed by atoms with Crippen LogP contribution < -0.4 is 5.32 Å². The van der Waals surface area contributed by atoms with E-state index in [2.05, 4.69) is 5.32 Å². The topological polar surface area (TPSA) is 69.6 Å². The molecule has 2 N–H and O–H groups in total. The van der Waals surface area contributed by atoms with Crippen LogP contribution >= 0.6 is 11.3 Å². The molecule has 0 radical (unpaired) electrons. The third kappa shape index (κ3) is 3.70. The van der Waals surface area contributed by atoms with Crippen LogP contribution in [0, 0.1) is 12.8 Å². The standard InChI is InChI=1S/C13H18N2O3S/c1-9-3-5-19-11(9)7-14-13(18)15-4-2-10(8-15)6-12(16)17/h3,5,10H,2,4,6-8H2,1H3,(H,14,18)(H,16,17). The van der Waals surface area contributed by atoms with Gasteiger partial charge in [0.15, 0.2) is 0 Å². The Morgan fingerprint density at radius 1 is 1.58 bits per heavy atom. The number of aliphatic carboxylic acids is 1. The first-order valence-corrected chi connectivity index (χ1v) is 7.21. The zero-order chi connectivity index (χ0) is 13.8. The molecule has 1 aromatic rings. The fourth-order valence-electron chi connectivity index (χ4n) is 2.28. The van der Waals surface area contributed by atoms with Gasteiger partial charge in [0.1, 0.15) is 0 Å². The minimum Gasteiger partial charge on any atom is -0.481 e. The van der Waals surface area contributed by atoms with E-state index in [0.717, 1.165) is 11.3 Å². The van der Waals surface area contributed by atoms with E-state index < -0.39 is 5.97 Å². The lowest BCUT2D eigenvalue weighted by atomic mass is 10.1. The monoisotopic (exact) mass is 282 g/mol. The summed E-state index contributed by atoms with van der Waals surface area (Å²) in [6.07, 6.45) is 0.922. The summed E-state index contributed by atoms with van der Waals surface area (Å²) in [6.45, 7) is 3.76. The van der Waals surface area contributed by atoms with Crippen LogP contribution in [0.15, 0.2) is 11.4 Å². The van der Waals surface area contributed by atoms with Crippen molar-refractivity contribution in [3.05, 3.63) is 21.9 Å². The first-order chi connectivity index (χ1) is 9.06. The maximum Gasteiger partial charge on any atom is 0.317 e. The average molecular weight is 282 g/mol. The number of aryl methyl sites for hydroxylation is 1. The molecule has 2 heterocycles. The number of thiophene rings is 1. The van der Waals surface area contributed by atoms with Crippen molar-refractivity contribution < 1.29 is 14.7 Å². The number of hydrogen-bond acceptors (Lipinski definition) is 3. The van der Waals surface area contributed by atoms with Crippen molar-refractivity contribution in [3.8, 4) is 0 Å². The second-order valence-corrected chi connectivity index (χ2v) is 5.88. The Bertz CT molecular complexity index is 472. The molecular weight excluding hydrogens is 264 g/mol. The number of nitrogens with one attached hydrogen (secondary N) is 1. The highest BCUT2D eigenvalue weighted by molar-refractivity contribution is 7.10. The molecule has 1 saturated heterocycles. The second-order valence-electron chi connectivity index (χ2n) is 4.88. The van der Waals surface area contributed by atoms with E-state index in [1.165, 1.54) is 5.56 Å². The molecule has 0 bridgehead atoms. The van der Waals surface area contributed by atoms with Gasteiger partial charge in [0.05, 0.1) is 6.54 Å². The van der Waals surface area contributed by atoms with Crippen molar-refractivity contribution >= 4 is 23.3 Å². The van der Waals surface area contributed by atoms with Gasteiger partial charge in [-0.3, -0.25) is 4.79 Å². The maximum atomic E-state index is 12.0. The number of carbonyl (C=O) groups excluding carboxylic acids is 1. The molecule has 2 amide bonds. The van der Waals surface area contributed by atoms with Gasteiger partial charge in [-0.2, -0.15) is 0 Å². The number of carbonyl (C=O) groups is 2. The van der Waals surface area contributed by atoms with Crippen molar-refractivity contribution in [2.75, 3.05) is 13.1 Å². The summed E-state index contributed by atoms with van der Waals surface area (Å²) in [4.78, 5) is 25.5. The lowest BCUT2D eigenvalue weighted by Crippen LogP contribution is -2.38. The Balaban J connectivity index is 1.78. The number of urea groups is 1. The Hall–Kier alpha value is -1.56. The van der Waals surface area contributed by atoms with Gasteiger partial charge >= 0.3 is 12.0 Å². The van der Waals surface area contributed by atoms with Gasteiger partial charge in [-0.15, -0.1) is 11.3 Å². The predicted molar refractivity (Wildman–Crippen MR) is 73.2 cm³/mol. The molecule has 1 aliphatic heterocycles. The zero-order valence-electron chi connectivity index (χ0n) is 10.9. The van der Waals surface area contributed by atoms with E-state index in [9.17, 15) is 9.59 Å². The van der Waals surface area contributed by atoms with Gasteiger partial charge in [0.2, 0.25) is 0 Å².